The number of benzene rings is 1. The van der Waals surface area contributed by atoms with Gasteiger partial charge in [0, 0.05) is 10.9 Å². The second kappa shape index (κ2) is 4.25. The van der Waals surface area contributed by atoms with E-state index in [1.54, 1.807) is 0 Å². The highest BCUT2D eigenvalue weighted by Gasteiger charge is 2.28. The van der Waals surface area contributed by atoms with Gasteiger partial charge in [0.15, 0.2) is 0 Å². The van der Waals surface area contributed by atoms with Crippen LogP contribution >= 0.6 is 15.9 Å². The molecule has 0 spiro atoms. The normalized spacial score (nSPS) is 19.1. The van der Waals surface area contributed by atoms with Crippen molar-refractivity contribution in [1.29, 1.82) is 0 Å². The van der Waals surface area contributed by atoms with Crippen molar-refractivity contribution < 1.29 is 14.7 Å². The van der Waals surface area contributed by atoms with E-state index in [1.807, 2.05) is 25.1 Å². The Morgan fingerprint density at radius 3 is 2.94 bits per heavy atom. The summed E-state index contributed by atoms with van der Waals surface area (Å²) in [6, 6.07) is 5.77. The fourth-order valence-corrected chi connectivity index (χ4v) is 1.75. The van der Waals surface area contributed by atoms with Crippen molar-refractivity contribution >= 4 is 27.6 Å². The van der Waals surface area contributed by atoms with Crippen LogP contribution in [0.2, 0.25) is 0 Å². The van der Waals surface area contributed by atoms with Crippen LogP contribution in [0.3, 0.4) is 0 Å². The second-order valence-electron chi connectivity index (χ2n) is 3.64. The van der Waals surface area contributed by atoms with Gasteiger partial charge in [-0.15, -0.1) is 0 Å². The molecule has 4 nitrogen and oxygen atoms in total. The lowest BCUT2D eigenvalue weighted by Crippen LogP contribution is -2.19. The van der Waals surface area contributed by atoms with Crippen LogP contribution in [0.1, 0.15) is 17.5 Å². The largest absolute Gasteiger partial charge is 0.478 e. The van der Waals surface area contributed by atoms with Crippen LogP contribution in [0.4, 0.5) is 0 Å². The summed E-state index contributed by atoms with van der Waals surface area (Å²) in [7, 11) is 0. The minimum Gasteiger partial charge on any atom is -0.478 e. The number of halogens is 1. The van der Waals surface area contributed by atoms with Gasteiger partial charge in [-0.25, -0.2) is 4.79 Å². The van der Waals surface area contributed by atoms with Gasteiger partial charge >= 0.3 is 5.97 Å². The molecule has 0 bridgehead atoms. The van der Waals surface area contributed by atoms with Crippen molar-refractivity contribution in [3.8, 4) is 0 Å². The Morgan fingerprint density at radius 1 is 1.62 bits per heavy atom. The molecule has 1 N–H and O–H groups in total. The lowest BCUT2D eigenvalue weighted by molar-refractivity contribution is -0.148. The number of hydrogen-bond acceptors (Lipinski definition) is 3. The monoisotopic (exact) mass is 283 g/mol. The molecule has 0 amide bonds. The zero-order valence-electron chi connectivity index (χ0n) is 8.61. The van der Waals surface area contributed by atoms with Gasteiger partial charge in [-0.3, -0.25) is 0 Å². The molecule has 5 heteroatoms. The van der Waals surface area contributed by atoms with Gasteiger partial charge < -0.3 is 9.94 Å². The maximum atomic E-state index is 10.7. The fourth-order valence-electron chi connectivity index (χ4n) is 1.50. The van der Waals surface area contributed by atoms with Crippen molar-refractivity contribution in [3.63, 3.8) is 0 Å². The smallest absolute Gasteiger partial charge is 0.348 e. The molecule has 1 unspecified atom stereocenters. The topological polar surface area (TPSA) is 58.9 Å². The lowest BCUT2D eigenvalue weighted by atomic mass is 10.0. The van der Waals surface area contributed by atoms with E-state index in [4.69, 9.17) is 9.94 Å². The summed E-state index contributed by atoms with van der Waals surface area (Å²) in [5.41, 5.74) is 2.67. The Hall–Kier alpha value is -1.36. The predicted octanol–water partition coefficient (Wildman–Crippen LogP) is 2.34. The van der Waals surface area contributed by atoms with Crippen LogP contribution in [0, 0.1) is 6.92 Å². The van der Waals surface area contributed by atoms with Crippen molar-refractivity contribution in [3.05, 3.63) is 33.8 Å². The molecule has 0 aromatic heterocycles. The van der Waals surface area contributed by atoms with Crippen LogP contribution < -0.4 is 0 Å². The summed E-state index contributed by atoms with van der Waals surface area (Å²) in [5.74, 6) is -0.979. The van der Waals surface area contributed by atoms with Gasteiger partial charge in [0.05, 0.1) is 5.71 Å². The fraction of sp³-hybridized carbons (Fsp3) is 0.273. The third kappa shape index (κ3) is 2.09. The van der Waals surface area contributed by atoms with Crippen molar-refractivity contribution in [2.75, 3.05) is 0 Å². The molecule has 0 radical (unpaired) electrons. The zero-order valence-corrected chi connectivity index (χ0v) is 10.2. The lowest BCUT2D eigenvalue weighted by Gasteiger charge is -2.03. The van der Waals surface area contributed by atoms with E-state index in [1.165, 1.54) is 0 Å². The summed E-state index contributed by atoms with van der Waals surface area (Å²) < 4.78 is 1.02. The maximum absolute atomic E-state index is 10.7. The Labute approximate surface area is 101 Å². The number of carbonyl (C=O) groups is 1. The molecule has 1 heterocycles. The van der Waals surface area contributed by atoms with Gasteiger partial charge in [-0.1, -0.05) is 27.2 Å². The number of rotatable bonds is 2. The highest BCUT2D eigenvalue weighted by Crippen LogP contribution is 2.21. The third-order valence-corrected chi connectivity index (χ3v) is 3.33. The molecule has 1 aromatic carbocycles. The average Bonchev–Trinajstić information content (AvgIpc) is 2.71. The highest BCUT2D eigenvalue weighted by atomic mass is 79.9. The Kier molecular flexibility index (Phi) is 2.96. The first kappa shape index (κ1) is 11.1. The molecule has 0 aliphatic carbocycles. The molecule has 1 aliphatic rings. The van der Waals surface area contributed by atoms with Crippen LogP contribution in [0.25, 0.3) is 0 Å². The molecular weight excluding hydrogens is 274 g/mol. The van der Waals surface area contributed by atoms with Crippen molar-refractivity contribution in [2.45, 2.75) is 19.4 Å². The number of carboxylic acid groups (broad SMARTS) is 1. The first-order valence-electron chi connectivity index (χ1n) is 4.80. The molecule has 0 fully saturated rings. The summed E-state index contributed by atoms with van der Waals surface area (Å²) >= 11 is 3.41. The first-order chi connectivity index (χ1) is 7.58. The van der Waals surface area contributed by atoms with Crippen molar-refractivity contribution in [1.82, 2.24) is 0 Å². The first-order valence-corrected chi connectivity index (χ1v) is 5.59. The standard InChI is InChI=1S/C11H10BrNO3/c1-6-4-7(2-3-8(6)12)9-5-10(11(14)15)16-13-9/h2-4,10H,5H2,1H3,(H,14,15). The summed E-state index contributed by atoms with van der Waals surface area (Å²) in [5, 5.41) is 12.6. The summed E-state index contributed by atoms with van der Waals surface area (Å²) in [6.07, 6.45) is -0.532. The number of aliphatic carboxylic acids is 1. The second-order valence-corrected chi connectivity index (χ2v) is 4.49. The number of oxime groups is 1. The average molecular weight is 284 g/mol. The van der Waals surface area contributed by atoms with Crippen LogP contribution in [-0.4, -0.2) is 22.9 Å². The van der Waals surface area contributed by atoms with Gasteiger partial charge in [-0.2, -0.15) is 0 Å². The molecule has 1 aromatic rings. The Morgan fingerprint density at radius 2 is 2.38 bits per heavy atom. The van der Waals surface area contributed by atoms with Gasteiger partial charge in [-0.05, 0) is 30.2 Å². The molecule has 1 atom stereocenters. The quantitative estimate of drug-likeness (QED) is 0.906. The van der Waals surface area contributed by atoms with Crippen LogP contribution in [0.15, 0.2) is 27.8 Å². The number of hydrogen-bond donors (Lipinski definition) is 1. The van der Waals surface area contributed by atoms with E-state index in [0.717, 1.165) is 15.6 Å². The van der Waals surface area contributed by atoms with Crippen molar-refractivity contribution in [2.24, 2.45) is 5.16 Å². The minimum absolute atomic E-state index is 0.316. The van der Waals surface area contributed by atoms with E-state index in [2.05, 4.69) is 21.1 Å². The van der Waals surface area contributed by atoms with E-state index in [0.29, 0.717) is 12.1 Å². The molecular formula is C11H10BrNO3. The number of nitrogens with zero attached hydrogens (tertiary/aromatic N) is 1. The number of carboxylic acids is 1. The van der Waals surface area contributed by atoms with E-state index in [-0.39, 0.29) is 0 Å². The summed E-state index contributed by atoms with van der Waals surface area (Å²) in [6.45, 7) is 1.97. The SMILES string of the molecule is Cc1cc(C2=NOC(C(=O)O)C2)ccc1Br. The van der Waals surface area contributed by atoms with Gasteiger partial charge in [0.2, 0.25) is 6.10 Å². The molecule has 1 aliphatic heterocycles. The zero-order chi connectivity index (χ0) is 11.7. The maximum Gasteiger partial charge on any atom is 0.348 e. The van der Waals surface area contributed by atoms with Gasteiger partial charge in [0.25, 0.3) is 0 Å². The Balaban J connectivity index is 2.21. The van der Waals surface area contributed by atoms with E-state index < -0.39 is 12.1 Å². The summed E-state index contributed by atoms with van der Waals surface area (Å²) in [4.78, 5) is 15.5. The molecule has 84 valence electrons. The van der Waals surface area contributed by atoms with Gasteiger partial charge in [0.1, 0.15) is 0 Å². The van der Waals surface area contributed by atoms with Crippen LogP contribution in [-0.2, 0) is 9.63 Å². The number of aryl methyl sites for hydroxylation is 1. The molecule has 16 heavy (non-hydrogen) atoms. The molecule has 0 saturated heterocycles. The van der Waals surface area contributed by atoms with Crippen LogP contribution in [0.5, 0.6) is 0 Å². The predicted molar refractivity (Wildman–Crippen MR) is 62.5 cm³/mol. The minimum atomic E-state index is -0.979. The Bertz CT molecular complexity index is 470. The third-order valence-electron chi connectivity index (χ3n) is 2.44. The highest BCUT2D eigenvalue weighted by molar-refractivity contribution is 9.10. The van der Waals surface area contributed by atoms with E-state index in [9.17, 15) is 4.79 Å². The molecule has 2 rings (SSSR count). The molecule has 0 saturated carbocycles. The van der Waals surface area contributed by atoms with E-state index >= 15 is 0 Å².